The number of fused-ring (bicyclic) bond motifs is 2. The molecule has 0 aliphatic carbocycles. The third-order valence-corrected chi connectivity index (χ3v) is 17.8. The number of sulfonamides is 2. The highest BCUT2D eigenvalue weighted by Crippen LogP contribution is 2.37. The van der Waals surface area contributed by atoms with Crippen molar-refractivity contribution in [2.24, 2.45) is 15.3 Å². The Morgan fingerprint density at radius 1 is 0.606 bits per heavy atom. The third-order valence-electron chi connectivity index (χ3n) is 16.1. The average Bonchev–Trinajstić information content (AvgIpc) is 1.55. The SMILES string of the molecule is CC(C)(C)OC(=O)N1C[C@@H](O)[C@@H](N=[N+]=[N-])C1.Cc1cn2nc([C@@H]3CCCCN3C(=O)c3cc(Cl)ccc3NS(C)(=O)=O)cc2nc1N1C[C@@H](O)[C@@H](N=[N+]=[N-])C1.Cc1cn2nc([C@@H]3CCCCN3C(=O)c3cc(Cl)ccc3NS(C)(=O)=O)cc2nc1N1C[C@H](O)[C@H](N=[N+]=[N-])C1. The number of piperidine rings is 2. The molecule has 0 unspecified atom stereocenters. The van der Waals surface area contributed by atoms with Crippen molar-refractivity contribution in [3.63, 3.8) is 0 Å². The summed E-state index contributed by atoms with van der Waals surface area (Å²) in [6.07, 6.45) is 7.63. The van der Waals surface area contributed by atoms with Gasteiger partial charge in [-0.15, -0.1) is 0 Å². The Kier molecular flexibility index (Phi) is 21.5. The summed E-state index contributed by atoms with van der Waals surface area (Å²) < 4.78 is 61.0. The van der Waals surface area contributed by atoms with Crippen LogP contribution in [0.15, 0.2) is 76.3 Å². The first-order valence-electron chi connectivity index (χ1n) is 30.0. The molecule has 5 aliphatic rings. The van der Waals surface area contributed by atoms with E-state index in [-0.39, 0.29) is 59.5 Å². The molecule has 6 aromatic rings. The zero-order chi connectivity index (χ0) is 68.1. The van der Waals surface area contributed by atoms with Crippen molar-refractivity contribution < 1.29 is 51.3 Å². The number of hydrogen-bond donors (Lipinski definition) is 5. The molecular weight excluding hydrogens is 1300 g/mol. The van der Waals surface area contributed by atoms with E-state index in [2.05, 4.69) is 39.5 Å². The number of aliphatic hydroxyl groups is 3. The molecule has 0 radical (unpaired) electrons. The van der Waals surface area contributed by atoms with Gasteiger partial charge < -0.3 is 44.6 Å². The lowest BCUT2D eigenvalue weighted by Gasteiger charge is -2.35. The number of nitrogens with one attached hydrogen (secondary N) is 2. The van der Waals surface area contributed by atoms with Crippen LogP contribution in [0.2, 0.25) is 10.0 Å². The predicted molar refractivity (Wildman–Crippen MR) is 350 cm³/mol. The molecule has 5 N–H and O–H groups in total. The van der Waals surface area contributed by atoms with Crippen LogP contribution in [0, 0.1) is 13.8 Å². The molecule has 4 aromatic heterocycles. The minimum absolute atomic E-state index is 0.137. The van der Waals surface area contributed by atoms with Crippen molar-refractivity contribution >= 4 is 95.5 Å². The Morgan fingerprint density at radius 2 is 1.00 bits per heavy atom. The fraction of sp³-hybridized carbons (Fsp3) is 0.526. The summed E-state index contributed by atoms with van der Waals surface area (Å²) in [5, 5.41) is 50.9. The largest absolute Gasteiger partial charge is 0.444 e. The molecule has 94 heavy (non-hydrogen) atoms. The van der Waals surface area contributed by atoms with Gasteiger partial charge in [-0.3, -0.25) is 19.0 Å². The van der Waals surface area contributed by atoms with E-state index in [4.69, 9.17) is 64.7 Å². The number of ether oxygens (including phenoxy) is 1. The Hall–Kier alpha value is -8.62. The van der Waals surface area contributed by atoms with Crippen LogP contribution in [-0.2, 0) is 24.8 Å². The molecule has 0 bridgehead atoms. The van der Waals surface area contributed by atoms with Crippen LogP contribution in [0.4, 0.5) is 27.8 Å². The molecule has 0 saturated carbocycles. The van der Waals surface area contributed by atoms with Gasteiger partial charge in [0.2, 0.25) is 20.0 Å². The first kappa shape index (κ1) is 69.7. The number of β-amino-alcohol motifs (C(OH)–C–C–N with tert-alkyl or cyclic N) is 3. The van der Waals surface area contributed by atoms with E-state index in [1.54, 1.807) is 39.6 Å². The summed E-state index contributed by atoms with van der Waals surface area (Å²) in [6.45, 7) is 11.7. The molecule has 5 saturated heterocycles. The highest BCUT2D eigenvalue weighted by Gasteiger charge is 2.39. The first-order chi connectivity index (χ1) is 44.4. The molecule has 37 heteroatoms. The van der Waals surface area contributed by atoms with Crippen molar-refractivity contribution in [1.82, 2.24) is 43.9 Å². The molecular formula is C57H72Cl2N22O11S2. The molecule has 5 aliphatic heterocycles. The number of aliphatic hydroxyl groups excluding tert-OH is 3. The van der Waals surface area contributed by atoms with E-state index in [9.17, 15) is 46.5 Å². The number of likely N-dealkylation sites (tertiary alicyclic amines) is 3. The van der Waals surface area contributed by atoms with Gasteiger partial charge in [0.05, 0.1) is 101 Å². The number of carbonyl (C=O) groups is 3. The number of benzene rings is 2. The molecule has 2 aromatic carbocycles. The minimum Gasteiger partial charge on any atom is -0.444 e. The van der Waals surface area contributed by atoms with Crippen molar-refractivity contribution in [2.45, 2.75) is 127 Å². The number of nitrogens with zero attached hydrogens (tertiary/aromatic N) is 20. The average molecular weight is 1380 g/mol. The summed E-state index contributed by atoms with van der Waals surface area (Å²) >= 11 is 12.4. The predicted octanol–water partition coefficient (Wildman–Crippen LogP) is 7.86. The smallest absolute Gasteiger partial charge is 0.410 e. The Bertz CT molecular complexity index is 4010. The highest BCUT2D eigenvalue weighted by atomic mass is 35.5. The van der Waals surface area contributed by atoms with E-state index >= 15 is 0 Å². The molecule has 3 amide bonds. The number of aryl methyl sites for hydroxylation is 2. The molecule has 0 spiro atoms. The lowest BCUT2D eigenvalue weighted by molar-refractivity contribution is 0.0269. The Labute approximate surface area is 550 Å². The number of halogens is 2. The van der Waals surface area contributed by atoms with Crippen molar-refractivity contribution in [2.75, 3.05) is 84.1 Å². The van der Waals surface area contributed by atoms with E-state index in [1.165, 1.54) is 41.3 Å². The van der Waals surface area contributed by atoms with Crippen LogP contribution < -0.4 is 19.2 Å². The number of rotatable bonds is 13. The molecule has 8 atom stereocenters. The second kappa shape index (κ2) is 28.9. The van der Waals surface area contributed by atoms with Gasteiger partial charge in [-0.25, -0.2) is 40.6 Å². The summed E-state index contributed by atoms with van der Waals surface area (Å²) in [5.74, 6) is 0.641. The van der Waals surface area contributed by atoms with Gasteiger partial charge in [0.25, 0.3) is 11.8 Å². The lowest BCUT2D eigenvalue weighted by Crippen LogP contribution is -2.39. The van der Waals surface area contributed by atoms with Gasteiger partial charge in [-0.2, -0.15) is 10.2 Å². The van der Waals surface area contributed by atoms with Gasteiger partial charge in [0, 0.05) is 106 Å². The normalized spacial score (nSPS) is 22.3. The van der Waals surface area contributed by atoms with E-state index in [0.29, 0.717) is 96.5 Å². The summed E-state index contributed by atoms with van der Waals surface area (Å²) in [6, 6.07) is 10.3. The molecule has 502 valence electrons. The second-order valence-electron chi connectivity index (χ2n) is 24.6. The zero-order valence-electron chi connectivity index (χ0n) is 52.4. The van der Waals surface area contributed by atoms with Crippen LogP contribution in [0.1, 0.15) is 115 Å². The number of amides is 3. The molecule has 5 fully saturated rings. The maximum atomic E-state index is 13.8. The van der Waals surface area contributed by atoms with Crippen molar-refractivity contribution in [3.05, 3.63) is 136 Å². The molecule has 33 nitrogen and oxygen atoms in total. The minimum atomic E-state index is -3.62. The van der Waals surface area contributed by atoms with Gasteiger partial charge in [0.15, 0.2) is 11.3 Å². The van der Waals surface area contributed by atoms with Crippen molar-refractivity contribution in [3.8, 4) is 0 Å². The zero-order valence-corrected chi connectivity index (χ0v) is 55.6. The quantitative estimate of drug-likeness (QED) is 0.0417. The summed E-state index contributed by atoms with van der Waals surface area (Å²) in [5.41, 5.74) is 30.1. The topological polar surface area (TPSA) is 436 Å². The van der Waals surface area contributed by atoms with E-state index < -0.39 is 68.2 Å². The standard InChI is InChI=1S/2C24H28ClN9O4S.C9H16N4O3/c2*1-14-11-34-22(27-23(14)32-12-19(28-31-26)21(35)13-32)10-18(29-34)20-5-3-4-8-33(20)24(36)16-9-15(25)6-7-17(16)30-39(2,37)38;1-9(2,3)16-8(15)13-4-6(11-12-10)7(14)5-13/h2*6-7,9-11,19-21,30,35H,3-5,8,12-13H2,1-2H3;6-7,14H,4-5H2,1-3H3/t19-,20+,21+;19-,20-,21+;6-,7+/m100/s1. The number of aromatic nitrogens is 6. The van der Waals surface area contributed by atoms with E-state index in [1.807, 2.05) is 48.2 Å². The van der Waals surface area contributed by atoms with Crippen molar-refractivity contribution in [1.29, 1.82) is 0 Å². The van der Waals surface area contributed by atoms with E-state index in [0.717, 1.165) is 49.3 Å². The maximum absolute atomic E-state index is 13.8. The van der Waals surface area contributed by atoms with Gasteiger partial charge in [0.1, 0.15) is 17.2 Å². The maximum Gasteiger partial charge on any atom is 0.410 e. The monoisotopic (exact) mass is 1370 g/mol. The van der Waals surface area contributed by atoms with Crippen LogP contribution >= 0.6 is 23.2 Å². The van der Waals surface area contributed by atoms with Crippen LogP contribution in [-0.4, -0.2) is 201 Å². The van der Waals surface area contributed by atoms with Crippen LogP contribution in [0.25, 0.3) is 42.6 Å². The number of azide groups is 3. The highest BCUT2D eigenvalue weighted by molar-refractivity contribution is 7.92. The third kappa shape index (κ3) is 16.8. The Balaban J connectivity index is 0.000000180. The fourth-order valence-corrected chi connectivity index (χ4v) is 13.4. The lowest BCUT2D eigenvalue weighted by atomic mass is 9.98. The van der Waals surface area contributed by atoms with Gasteiger partial charge in [-0.1, -0.05) is 38.5 Å². The molecule has 9 heterocycles. The number of anilines is 4. The number of hydrogen-bond acceptors (Lipinski definition) is 20. The first-order valence-corrected chi connectivity index (χ1v) is 34.5. The van der Waals surface area contributed by atoms with Gasteiger partial charge in [-0.05, 0) is 126 Å². The Morgan fingerprint density at radius 3 is 1.38 bits per heavy atom. The molecule has 11 rings (SSSR count). The van der Waals surface area contributed by atoms with Gasteiger partial charge >= 0.3 is 6.09 Å². The number of carbonyl (C=O) groups excluding carboxylic acids is 3. The fourth-order valence-electron chi connectivity index (χ4n) is 11.9. The summed E-state index contributed by atoms with van der Waals surface area (Å²) in [4.78, 5) is 65.5. The second-order valence-corrected chi connectivity index (χ2v) is 29.0. The van der Waals surface area contributed by atoms with Crippen LogP contribution in [0.5, 0.6) is 0 Å². The summed E-state index contributed by atoms with van der Waals surface area (Å²) in [7, 11) is -7.23. The van der Waals surface area contributed by atoms with Crippen LogP contribution in [0.3, 0.4) is 0 Å².